The van der Waals surface area contributed by atoms with Crippen molar-refractivity contribution < 1.29 is 23.8 Å². The van der Waals surface area contributed by atoms with Gasteiger partial charge in [0.1, 0.15) is 23.2 Å². The molecule has 0 N–H and O–H groups in total. The molecule has 0 saturated carbocycles. The number of imide groups is 1. The summed E-state index contributed by atoms with van der Waals surface area (Å²) in [6.07, 6.45) is 0.899. The first-order valence-corrected chi connectivity index (χ1v) is 10.9. The van der Waals surface area contributed by atoms with Crippen LogP contribution in [0.2, 0.25) is 0 Å². The molecule has 1 aromatic carbocycles. The molecule has 180 valence electrons. The molecule has 1 aliphatic heterocycles. The highest BCUT2D eigenvalue weighted by molar-refractivity contribution is 6.11. The number of anilines is 2. The number of amides is 2. The predicted octanol–water partition coefficient (Wildman–Crippen LogP) is 4.38. The predicted molar refractivity (Wildman–Crippen MR) is 125 cm³/mol. The van der Waals surface area contributed by atoms with Crippen LogP contribution < -0.4 is 14.5 Å². The van der Waals surface area contributed by atoms with Crippen LogP contribution in [0.4, 0.5) is 21.0 Å². The molecule has 2 aromatic rings. The van der Waals surface area contributed by atoms with Gasteiger partial charge in [-0.3, -0.25) is 4.68 Å². The first-order valence-electron chi connectivity index (χ1n) is 10.9. The average molecular weight is 460 g/mol. The van der Waals surface area contributed by atoms with E-state index in [2.05, 4.69) is 15.0 Å². The number of aryl methyl sites for hydroxylation is 1. The Balaban J connectivity index is 2.22. The first kappa shape index (κ1) is 24.3. The third-order valence-electron chi connectivity index (χ3n) is 4.71. The van der Waals surface area contributed by atoms with Gasteiger partial charge in [-0.15, -0.1) is 0 Å². The van der Waals surface area contributed by atoms with Crippen molar-refractivity contribution >= 4 is 23.6 Å². The average Bonchev–Trinajstić information content (AvgIpc) is 3.03. The maximum atomic E-state index is 13.3. The molecule has 1 saturated heterocycles. The van der Waals surface area contributed by atoms with E-state index in [1.807, 2.05) is 6.07 Å². The maximum absolute atomic E-state index is 13.3. The monoisotopic (exact) mass is 459 g/mol. The van der Waals surface area contributed by atoms with E-state index in [-0.39, 0.29) is 11.4 Å². The minimum atomic E-state index is -0.865. The Labute approximate surface area is 194 Å². The van der Waals surface area contributed by atoms with E-state index in [0.717, 1.165) is 30.1 Å². The molecule has 0 spiro atoms. The molecular formula is C23H33N5O5. The van der Waals surface area contributed by atoms with Crippen LogP contribution >= 0.6 is 0 Å². The first-order chi connectivity index (χ1) is 15.3. The lowest BCUT2D eigenvalue weighted by molar-refractivity contribution is 0.0429. The summed E-state index contributed by atoms with van der Waals surface area (Å²) in [6, 6.07) is 3.64. The summed E-state index contributed by atoms with van der Waals surface area (Å²) in [4.78, 5) is 33.9. The Morgan fingerprint density at radius 1 is 1.00 bits per heavy atom. The highest BCUT2D eigenvalue weighted by Gasteiger charge is 2.36. The Kier molecular flexibility index (Phi) is 6.58. The number of rotatable bonds is 4. The lowest BCUT2D eigenvalue weighted by atomic mass is 10.1. The van der Waals surface area contributed by atoms with Gasteiger partial charge in [0.2, 0.25) is 0 Å². The second-order valence-electron chi connectivity index (χ2n) is 9.92. The van der Waals surface area contributed by atoms with E-state index in [9.17, 15) is 9.59 Å². The number of benzene rings is 1. The zero-order valence-corrected chi connectivity index (χ0v) is 20.6. The van der Waals surface area contributed by atoms with Crippen molar-refractivity contribution in [3.8, 4) is 17.1 Å². The van der Waals surface area contributed by atoms with E-state index in [4.69, 9.17) is 14.2 Å². The fraction of sp³-hybridized carbons (Fsp3) is 0.565. The van der Waals surface area contributed by atoms with E-state index in [1.54, 1.807) is 65.7 Å². The van der Waals surface area contributed by atoms with E-state index in [1.165, 1.54) is 7.11 Å². The molecule has 0 atom stereocenters. The third kappa shape index (κ3) is 5.74. The van der Waals surface area contributed by atoms with Crippen molar-refractivity contribution in [2.45, 2.75) is 59.2 Å². The van der Waals surface area contributed by atoms with Gasteiger partial charge in [0, 0.05) is 25.8 Å². The summed E-state index contributed by atoms with van der Waals surface area (Å²) >= 11 is 0. The van der Waals surface area contributed by atoms with Crippen LogP contribution in [0.25, 0.3) is 11.4 Å². The van der Waals surface area contributed by atoms with Crippen molar-refractivity contribution in [2.24, 2.45) is 7.05 Å². The molecule has 2 amide bonds. The number of carbonyl (C=O) groups is 2. The van der Waals surface area contributed by atoms with Gasteiger partial charge in [0.05, 0.1) is 12.7 Å². The molecule has 1 aliphatic rings. The lowest BCUT2D eigenvalue weighted by Gasteiger charge is -2.35. The van der Waals surface area contributed by atoms with Crippen LogP contribution in [-0.2, 0) is 16.5 Å². The van der Waals surface area contributed by atoms with Gasteiger partial charge in [0.25, 0.3) is 0 Å². The summed E-state index contributed by atoms with van der Waals surface area (Å²) in [5.41, 5.74) is -0.0881. The van der Waals surface area contributed by atoms with E-state index >= 15 is 0 Å². The number of methoxy groups -OCH3 is 1. The summed E-state index contributed by atoms with van der Waals surface area (Å²) in [6.45, 7) is 12.1. The highest BCUT2D eigenvalue weighted by Crippen LogP contribution is 2.43. The van der Waals surface area contributed by atoms with Gasteiger partial charge in [-0.05, 0) is 60.1 Å². The van der Waals surface area contributed by atoms with Crippen LogP contribution in [0, 0.1) is 0 Å². The van der Waals surface area contributed by atoms with Crippen LogP contribution in [0.1, 0.15) is 48.0 Å². The second kappa shape index (κ2) is 8.92. The molecule has 0 aliphatic carbocycles. The molecule has 1 fully saturated rings. The van der Waals surface area contributed by atoms with Crippen molar-refractivity contribution in [3.05, 3.63) is 18.5 Å². The molecule has 10 nitrogen and oxygen atoms in total. The van der Waals surface area contributed by atoms with Gasteiger partial charge >= 0.3 is 12.2 Å². The van der Waals surface area contributed by atoms with Gasteiger partial charge in [-0.25, -0.2) is 14.6 Å². The van der Waals surface area contributed by atoms with E-state index in [0.29, 0.717) is 11.4 Å². The molecule has 0 radical (unpaired) electrons. The quantitative estimate of drug-likeness (QED) is 0.664. The zero-order chi connectivity index (χ0) is 24.6. The molecule has 2 heterocycles. The third-order valence-corrected chi connectivity index (χ3v) is 4.71. The van der Waals surface area contributed by atoms with Crippen molar-refractivity contribution in [2.75, 3.05) is 30.0 Å². The lowest BCUT2D eigenvalue weighted by Crippen LogP contribution is -2.44. The molecule has 3 rings (SSSR count). The molecule has 1 aromatic heterocycles. The standard InChI is InChI=1S/C23H33N5O5/c1-22(2,3)32-20(29)28(21(30)33-23(4,5)6)17-13-15(27-10-9-11-27)12-16(18(17)31-8)19-24-14-26(7)25-19/h12-14H,9-11H2,1-8H3. The fourth-order valence-electron chi connectivity index (χ4n) is 3.25. The minimum absolute atomic E-state index is 0.202. The largest absolute Gasteiger partial charge is 0.494 e. The Bertz CT molecular complexity index is 1000. The number of hydrogen-bond acceptors (Lipinski definition) is 8. The number of hydrogen-bond donors (Lipinski definition) is 0. The Morgan fingerprint density at radius 3 is 1.97 bits per heavy atom. The van der Waals surface area contributed by atoms with Gasteiger partial charge < -0.3 is 19.1 Å². The van der Waals surface area contributed by atoms with Crippen molar-refractivity contribution in [1.29, 1.82) is 0 Å². The fourth-order valence-corrected chi connectivity index (χ4v) is 3.25. The van der Waals surface area contributed by atoms with Crippen molar-refractivity contribution in [3.63, 3.8) is 0 Å². The van der Waals surface area contributed by atoms with Gasteiger partial charge in [-0.2, -0.15) is 10.00 Å². The van der Waals surface area contributed by atoms with Gasteiger partial charge in [-0.1, -0.05) is 0 Å². The normalized spacial score (nSPS) is 13.9. The van der Waals surface area contributed by atoms with Gasteiger partial charge in [0.15, 0.2) is 11.6 Å². The van der Waals surface area contributed by atoms with E-state index < -0.39 is 23.4 Å². The van der Waals surface area contributed by atoms with Crippen LogP contribution in [0.5, 0.6) is 5.75 Å². The summed E-state index contributed by atoms with van der Waals surface area (Å²) in [5.74, 6) is 0.675. The minimum Gasteiger partial charge on any atom is -0.494 e. The van der Waals surface area contributed by atoms with Crippen LogP contribution in [0.3, 0.4) is 0 Å². The van der Waals surface area contributed by atoms with Crippen molar-refractivity contribution in [1.82, 2.24) is 14.8 Å². The summed E-state index contributed by atoms with van der Waals surface area (Å²) < 4.78 is 18.4. The molecule has 33 heavy (non-hydrogen) atoms. The molecular weight excluding hydrogens is 426 g/mol. The molecule has 0 bridgehead atoms. The topological polar surface area (TPSA) is 99.0 Å². The Morgan fingerprint density at radius 2 is 1.58 bits per heavy atom. The number of nitrogens with zero attached hydrogens (tertiary/aromatic N) is 5. The SMILES string of the molecule is COc1c(-c2ncn(C)n2)cc(N2CCC2)cc1N(C(=O)OC(C)(C)C)C(=O)OC(C)(C)C. The molecule has 0 unspecified atom stereocenters. The smallest absolute Gasteiger partial charge is 0.424 e. The molecule has 10 heteroatoms. The van der Waals surface area contributed by atoms with Crippen LogP contribution in [-0.4, -0.2) is 58.4 Å². The summed E-state index contributed by atoms with van der Waals surface area (Å²) in [5, 5.41) is 4.40. The number of carbonyl (C=O) groups excluding carboxylic acids is 2. The zero-order valence-electron chi connectivity index (χ0n) is 20.6. The number of ether oxygens (including phenoxy) is 3. The maximum Gasteiger partial charge on any atom is 0.424 e. The highest BCUT2D eigenvalue weighted by atomic mass is 16.6. The van der Waals surface area contributed by atoms with Crippen LogP contribution in [0.15, 0.2) is 18.5 Å². The Hall–Kier alpha value is -3.30. The summed E-state index contributed by atoms with van der Waals surface area (Å²) in [7, 11) is 3.23. The second-order valence-corrected chi connectivity index (χ2v) is 9.92. The number of aromatic nitrogens is 3.